The lowest BCUT2D eigenvalue weighted by atomic mass is 9.81. The van der Waals surface area contributed by atoms with E-state index < -0.39 is 0 Å². The van der Waals surface area contributed by atoms with Crippen molar-refractivity contribution in [2.75, 3.05) is 4.90 Å². The number of fused-ring (bicyclic) bond motifs is 7. The highest BCUT2D eigenvalue weighted by Crippen LogP contribution is 2.52. The van der Waals surface area contributed by atoms with Gasteiger partial charge in [-0.1, -0.05) is 159 Å². The molecule has 0 radical (unpaired) electrons. The van der Waals surface area contributed by atoms with Crippen molar-refractivity contribution in [3.8, 4) is 44.5 Å². The molecule has 1 nitrogen and oxygen atoms in total. The zero-order valence-electron chi connectivity index (χ0n) is 31.9. The van der Waals surface area contributed by atoms with E-state index in [0.717, 1.165) is 11.4 Å². The third-order valence-corrected chi connectivity index (χ3v) is 13.2. The Kier molecular flexibility index (Phi) is 7.77. The molecule has 9 aromatic carbocycles. The Morgan fingerprint density at radius 1 is 0.368 bits per heavy atom. The van der Waals surface area contributed by atoms with Crippen molar-refractivity contribution >= 4 is 59.3 Å². The quantitative estimate of drug-likeness (QED) is 0.164. The zero-order chi connectivity index (χ0) is 38.1. The molecule has 10 aromatic rings. The predicted molar refractivity (Wildman–Crippen MR) is 245 cm³/mol. The first-order valence-corrected chi connectivity index (χ1v) is 20.6. The molecule has 0 aliphatic heterocycles. The summed E-state index contributed by atoms with van der Waals surface area (Å²) in [6, 6.07) is 73.8. The van der Waals surface area contributed by atoms with E-state index in [2.05, 4.69) is 219 Å². The average molecular weight is 746 g/mol. The third-order valence-electron chi connectivity index (χ3n) is 12.1. The monoisotopic (exact) mass is 745 g/mol. The molecule has 1 aliphatic carbocycles. The largest absolute Gasteiger partial charge is 0.310 e. The molecule has 0 N–H and O–H groups in total. The summed E-state index contributed by atoms with van der Waals surface area (Å²) in [5.41, 5.74) is 16.0. The van der Waals surface area contributed by atoms with Crippen LogP contribution in [0.25, 0.3) is 75.5 Å². The molecule has 1 aliphatic rings. The van der Waals surface area contributed by atoms with Gasteiger partial charge in [-0.15, -0.1) is 11.3 Å². The second-order valence-corrected chi connectivity index (χ2v) is 16.8. The van der Waals surface area contributed by atoms with Crippen LogP contribution in [0.3, 0.4) is 0 Å². The molecule has 0 amide bonds. The van der Waals surface area contributed by atoms with Crippen molar-refractivity contribution in [1.82, 2.24) is 0 Å². The SMILES string of the molecule is CC1(C)c2cc(-c3ccc4sc5ccccc5c4c3)ccc2-c2ccc(N(c3ccc(-c4ccc(-c5ccccc5)cc4)cc3)c3cccc4ccccc34)cc21. The van der Waals surface area contributed by atoms with Gasteiger partial charge in [0.15, 0.2) is 0 Å². The second kappa shape index (κ2) is 13.2. The minimum atomic E-state index is -0.184. The molecule has 270 valence electrons. The Morgan fingerprint density at radius 3 is 1.67 bits per heavy atom. The van der Waals surface area contributed by atoms with Gasteiger partial charge in [0.1, 0.15) is 0 Å². The molecule has 0 saturated carbocycles. The normalized spacial score (nSPS) is 12.9. The summed E-state index contributed by atoms with van der Waals surface area (Å²) in [4.78, 5) is 2.44. The highest BCUT2D eigenvalue weighted by atomic mass is 32.1. The average Bonchev–Trinajstić information content (AvgIpc) is 3.75. The standard InChI is InChI=1S/C55H39NS/c1-55(2)50-34-42(41-26-32-54-49(33-41)48-16-8-9-18-53(48)57-54)25-30-46(50)47-31-29-44(35-51(47)55)56(52-17-10-14-40-13-6-7-15-45(40)52)43-27-23-39(24-28-43)38-21-19-37(20-22-38)36-11-4-3-5-12-36/h3-35H,1-2H3. The molecular weight excluding hydrogens is 707 g/mol. The highest BCUT2D eigenvalue weighted by Gasteiger charge is 2.36. The van der Waals surface area contributed by atoms with Gasteiger partial charge in [-0.05, 0) is 116 Å². The lowest BCUT2D eigenvalue weighted by Gasteiger charge is -2.29. The van der Waals surface area contributed by atoms with Gasteiger partial charge in [0, 0.05) is 42.3 Å². The fourth-order valence-electron chi connectivity index (χ4n) is 9.07. The first-order chi connectivity index (χ1) is 28.0. The Bertz CT molecular complexity index is 3130. The number of nitrogens with zero attached hydrogens (tertiary/aromatic N) is 1. The van der Waals surface area contributed by atoms with Crippen LogP contribution in [0, 0.1) is 0 Å². The maximum absolute atomic E-state index is 2.44. The van der Waals surface area contributed by atoms with E-state index in [4.69, 9.17) is 0 Å². The lowest BCUT2D eigenvalue weighted by molar-refractivity contribution is 0.660. The minimum Gasteiger partial charge on any atom is -0.310 e. The molecular formula is C55H39NS. The van der Waals surface area contributed by atoms with Gasteiger partial charge in [-0.25, -0.2) is 0 Å². The lowest BCUT2D eigenvalue weighted by Crippen LogP contribution is -2.16. The van der Waals surface area contributed by atoms with E-state index in [1.807, 2.05) is 11.3 Å². The molecule has 0 atom stereocenters. The van der Waals surface area contributed by atoms with Crippen molar-refractivity contribution in [3.63, 3.8) is 0 Å². The van der Waals surface area contributed by atoms with Crippen LogP contribution in [0.4, 0.5) is 17.1 Å². The summed E-state index contributed by atoms with van der Waals surface area (Å²) in [6.07, 6.45) is 0. The molecule has 1 aromatic heterocycles. The molecule has 0 unspecified atom stereocenters. The summed E-state index contributed by atoms with van der Waals surface area (Å²) in [7, 11) is 0. The summed E-state index contributed by atoms with van der Waals surface area (Å²) in [5, 5.41) is 5.13. The number of benzene rings is 9. The van der Waals surface area contributed by atoms with Crippen LogP contribution in [0.1, 0.15) is 25.0 Å². The highest BCUT2D eigenvalue weighted by molar-refractivity contribution is 7.25. The van der Waals surface area contributed by atoms with Crippen LogP contribution < -0.4 is 4.90 Å². The second-order valence-electron chi connectivity index (χ2n) is 15.7. The Labute approximate surface area is 337 Å². The third kappa shape index (κ3) is 5.59. The van der Waals surface area contributed by atoms with Crippen LogP contribution in [0.2, 0.25) is 0 Å². The Hall–Kier alpha value is -6.74. The van der Waals surface area contributed by atoms with Gasteiger partial charge in [-0.2, -0.15) is 0 Å². The smallest absolute Gasteiger partial charge is 0.0540 e. The van der Waals surface area contributed by atoms with E-state index in [0.29, 0.717) is 0 Å². The van der Waals surface area contributed by atoms with E-state index in [9.17, 15) is 0 Å². The maximum atomic E-state index is 2.44. The number of anilines is 3. The molecule has 57 heavy (non-hydrogen) atoms. The van der Waals surface area contributed by atoms with Crippen molar-refractivity contribution in [2.24, 2.45) is 0 Å². The number of hydrogen-bond donors (Lipinski definition) is 0. The van der Waals surface area contributed by atoms with Crippen LogP contribution in [0.15, 0.2) is 200 Å². The molecule has 11 rings (SSSR count). The Balaban J connectivity index is 0.983. The summed E-state index contributed by atoms with van der Waals surface area (Å²) in [5.74, 6) is 0. The number of thiophene rings is 1. The van der Waals surface area contributed by atoms with E-state index in [-0.39, 0.29) is 5.41 Å². The first-order valence-electron chi connectivity index (χ1n) is 19.7. The van der Waals surface area contributed by atoms with Gasteiger partial charge in [0.05, 0.1) is 5.69 Å². The van der Waals surface area contributed by atoms with Gasteiger partial charge < -0.3 is 4.90 Å². The van der Waals surface area contributed by atoms with E-state index >= 15 is 0 Å². The summed E-state index contributed by atoms with van der Waals surface area (Å²) < 4.78 is 2.68. The molecule has 0 fully saturated rings. The van der Waals surface area contributed by atoms with E-state index in [1.165, 1.54) is 92.3 Å². The van der Waals surface area contributed by atoms with Crippen molar-refractivity contribution in [2.45, 2.75) is 19.3 Å². The van der Waals surface area contributed by atoms with Crippen molar-refractivity contribution in [3.05, 3.63) is 211 Å². The topological polar surface area (TPSA) is 3.24 Å². The molecule has 1 heterocycles. The van der Waals surface area contributed by atoms with Crippen LogP contribution in [-0.4, -0.2) is 0 Å². The minimum absolute atomic E-state index is 0.184. The fourth-order valence-corrected chi connectivity index (χ4v) is 10.2. The van der Waals surface area contributed by atoms with Gasteiger partial charge in [0.25, 0.3) is 0 Å². The van der Waals surface area contributed by atoms with Crippen molar-refractivity contribution < 1.29 is 0 Å². The first kappa shape index (κ1) is 33.6. The van der Waals surface area contributed by atoms with Crippen LogP contribution in [-0.2, 0) is 5.41 Å². The van der Waals surface area contributed by atoms with Crippen LogP contribution >= 0.6 is 11.3 Å². The summed E-state index contributed by atoms with van der Waals surface area (Å²) >= 11 is 1.87. The number of hydrogen-bond acceptors (Lipinski definition) is 2. The predicted octanol–water partition coefficient (Wildman–Crippen LogP) is 16.0. The van der Waals surface area contributed by atoms with Gasteiger partial charge >= 0.3 is 0 Å². The maximum Gasteiger partial charge on any atom is 0.0540 e. The molecule has 0 saturated heterocycles. The van der Waals surface area contributed by atoms with Crippen LogP contribution in [0.5, 0.6) is 0 Å². The molecule has 0 spiro atoms. The van der Waals surface area contributed by atoms with Gasteiger partial charge in [-0.3, -0.25) is 0 Å². The van der Waals surface area contributed by atoms with Gasteiger partial charge in [0.2, 0.25) is 0 Å². The molecule has 2 heteroatoms. The fraction of sp³-hybridized carbons (Fsp3) is 0.0545. The Morgan fingerprint density at radius 2 is 0.895 bits per heavy atom. The van der Waals surface area contributed by atoms with E-state index in [1.54, 1.807) is 0 Å². The number of rotatable bonds is 6. The van der Waals surface area contributed by atoms with Crippen molar-refractivity contribution in [1.29, 1.82) is 0 Å². The molecule has 0 bridgehead atoms. The zero-order valence-corrected chi connectivity index (χ0v) is 32.7. The summed E-state index contributed by atoms with van der Waals surface area (Å²) in [6.45, 7) is 4.78.